The van der Waals surface area contributed by atoms with Crippen LogP contribution in [0.3, 0.4) is 0 Å². The molecule has 7 nitrogen and oxygen atoms in total. The van der Waals surface area contributed by atoms with Gasteiger partial charge in [0, 0.05) is 26.7 Å². The Morgan fingerprint density at radius 3 is 2.85 bits per heavy atom. The minimum absolute atomic E-state index is 0.520. The summed E-state index contributed by atoms with van der Waals surface area (Å²) < 4.78 is 11.1. The Hall–Kier alpha value is -2.70. The number of ether oxygens (including phenoxy) is 1. The first-order chi connectivity index (χ1) is 13.1. The van der Waals surface area contributed by atoms with Crippen LogP contribution in [0.1, 0.15) is 23.8 Å². The number of hydrogen-bond donors (Lipinski definition) is 2. The molecule has 1 aromatic heterocycles. The largest absolute Gasteiger partial charge is 0.495 e. The van der Waals surface area contributed by atoms with Gasteiger partial charge in [-0.15, -0.1) is 0 Å². The lowest BCUT2D eigenvalue weighted by Gasteiger charge is -2.21. The maximum atomic E-state index is 5.60. The summed E-state index contributed by atoms with van der Waals surface area (Å²) in [5.41, 5.74) is 2.09. The molecule has 1 fully saturated rings. The Kier molecular flexibility index (Phi) is 6.21. The molecule has 3 rings (SSSR count). The third-order valence-electron chi connectivity index (χ3n) is 4.97. The summed E-state index contributed by atoms with van der Waals surface area (Å²) in [6, 6.07) is 8.19. The molecular formula is C20H29N5O2. The van der Waals surface area contributed by atoms with Gasteiger partial charge in [-0.1, -0.05) is 12.1 Å². The van der Waals surface area contributed by atoms with Gasteiger partial charge in [-0.25, -0.2) is 4.98 Å². The molecule has 2 aromatic rings. The highest BCUT2D eigenvalue weighted by Crippen LogP contribution is 2.31. The zero-order valence-electron chi connectivity index (χ0n) is 16.6. The molecule has 0 aliphatic carbocycles. The zero-order chi connectivity index (χ0) is 19.2. The number of para-hydroxylation sites is 2. The fourth-order valence-electron chi connectivity index (χ4n) is 3.34. The molecule has 0 bridgehead atoms. The van der Waals surface area contributed by atoms with Crippen molar-refractivity contribution in [2.75, 3.05) is 38.7 Å². The number of methoxy groups -OCH3 is 1. The molecule has 1 aliphatic heterocycles. The summed E-state index contributed by atoms with van der Waals surface area (Å²) in [7, 11) is 3.50. The Balaban J connectivity index is 1.48. The molecule has 1 aliphatic rings. The van der Waals surface area contributed by atoms with Crippen molar-refractivity contribution in [1.82, 2.24) is 15.6 Å². The number of anilines is 1. The van der Waals surface area contributed by atoms with Crippen molar-refractivity contribution in [3.8, 4) is 5.75 Å². The topological polar surface area (TPSA) is 74.9 Å². The van der Waals surface area contributed by atoms with Gasteiger partial charge < -0.3 is 24.7 Å². The summed E-state index contributed by atoms with van der Waals surface area (Å²) in [4.78, 5) is 11.1. The molecule has 1 saturated heterocycles. The maximum absolute atomic E-state index is 5.60. The highest BCUT2D eigenvalue weighted by atomic mass is 16.5. The Bertz CT molecular complexity index is 767. The average Bonchev–Trinajstić information content (AvgIpc) is 3.28. The molecular weight excluding hydrogens is 342 g/mol. The molecule has 0 spiro atoms. The molecule has 0 amide bonds. The van der Waals surface area contributed by atoms with Gasteiger partial charge in [-0.3, -0.25) is 4.99 Å². The number of rotatable bonds is 6. The van der Waals surface area contributed by atoms with Crippen molar-refractivity contribution in [1.29, 1.82) is 0 Å². The molecule has 2 heterocycles. The SMILES string of the molecule is CN=C(NCc1nc(C)c(C)o1)NCC1CCN(c2ccccc2OC)C1. The summed E-state index contributed by atoms with van der Waals surface area (Å²) in [5.74, 6) is 3.78. The number of benzene rings is 1. The van der Waals surface area contributed by atoms with Crippen LogP contribution in [-0.4, -0.2) is 44.7 Å². The van der Waals surface area contributed by atoms with E-state index >= 15 is 0 Å². The van der Waals surface area contributed by atoms with Crippen LogP contribution in [0, 0.1) is 19.8 Å². The number of nitrogens with one attached hydrogen (secondary N) is 2. The summed E-state index contributed by atoms with van der Waals surface area (Å²) in [5, 5.41) is 6.68. The van der Waals surface area contributed by atoms with E-state index in [4.69, 9.17) is 9.15 Å². The number of aliphatic imine (C=N–C) groups is 1. The second-order valence-electron chi connectivity index (χ2n) is 6.83. The minimum atomic E-state index is 0.520. The van der Waals surface area contributed by atoms with Crippen molar-refractivity contribution < 1.29 is 9.15 Å². The summed E-state index contributed by atoms with van der Waals surface area (Å²) >= 11 is 0. The van der Waals surface area contributed by atoms with Crippen LogP contribution in [-0.2, 0) is 6.54 Å². The normalized spacial score (nSPS) is 17.3. The fraction of sp³-hybridized carbons (Fsp3) is 0.500. The van der Waals surface area contributed by atoms with Gasteiger partial charge in [-0.2, -0.15) is 0 Å². The number of nitrogens with zero attached hydrogens (tertiary/aromatic N) is 3. The van der Waals surface area contributed by atoms with E-state index in [1.54, 1.807) is 14.2 Å². The van der Waals surface area contributed by atoms with E-state index in [9.17, 15) is 0 Å². The quantitative estimate of drug-likeness (QED) is 0.600. The van der Waals surface area contributed by atoms with E-state index in [2.05, 4.69) is 37.6 Å². The van der Waals surface area contributed by atoms with E-state index in [0.29, 0.717) is 18.4 Å². The van der Waals surface area contributed by atoms with Gasteiger partial charge in [-0.05, 0) is 38.3 Å². The average molecular weight is 371 g/mol. The van der Waals surface area contributed by atoms with E-state index in [1.165, 1.54) is 5.69 Å². The molecule has 27 heavy (non-hydrogen) atoms. The highest BCUT2D eigenvalue weighted by molar-refractivity contribution is 5.79. The van der Waals surface area contributed by atoms with Crippen LogP contribution in [0.5, 0.6) is 5.75 Å². The number of hydrogen-bond acceptors (Lipinski definition) is 5. The predicted molar refractivity (Wildman–Crippen MR) is 107 cm³/mol. The lowest BCUT2D eigenvalue weighted by Crippen LogP contribution is -2.40. The molecule has 0 saturated carbocycles. The molecule has 0 radical (unpaired) electrons. The van der Waals surface area contributed by atoms with E-state index in [0.717, 1.165) is 49.2 Å². The maximum Gasteiger partial charge on any atom is 0.214 e. The van der Waals surface area contributed by atoms with Crippen LogP contribution in [0.25, 0.3) is 0 Å². The lowest BCUT2D eigenvalue weighted by atomic mass is 10.1. The van der Waals surface area contributed by atoms with Crippen LogP contribution >= 0.6 is 0 Å². The second kappa shape index (κ2) is 8.79. The molecule has 1 aromatic carbocycles. The van der Waals surface area contributed by atoms with E-state index in [-0.39, 0.29) is 0 Å². The fourth-order valence-corrected chi connectivity index (χ4v) is 3.34. The van der Waals surface area contributed by atoms with Gasteiger partial charge in [0.05, 0.1) is 25.0 Å². The number of aryl methyl sites for hydroxylation is 2. The first-order valence-electron chi connectivity index (χ1n) is 9.36. The first-order valence-corrected chi connectivity index (χ1v) is 9.36. The Morgan fingerprint density at radius 1 is 1.33 bits per heavy atom. The standard InChI is InChI=1S/C20H29N5O2/c1-14-15(2)27-19(24-14)12-23-20(21-3)22-11-16-9-10-25(13-16)17-7-5-6-8-18(17)26-4/h5-8,16H,9-13H2,1-4H3,(H2,21,22,23). The molecule has 7 heteroatoms. The zero-order valence-corrected chi connectivity index (χ0v) is 16.6. The van der Waals surface area contributed by atoms with Gasteiger partial charge in [0.1, 0.15) is 11.5 Å². The van der Waals surface area contributed by atoms with Crippen LogP contribution in [0.4, 0.5) is 5.69 Å². The monoisotopic (exact) mass is 371 g/mol. The van der Waals surface area contributed by atoms with Crippen LogP contribution in [0.2, 0.25) is 0 Å². The Labute approximate surface area is 160 Å². The first kappa shape index (κ1) is 19.1. The van der Waals surface area contributed by atoms with Gasteiger partial charge in [0.25, 0.3) is 0 Å². The second-order valence-corrected chi connectivity index (χ2v) is 6.83. The highest BCUT2D eigenvalue weighted by Gasteiger charge is 2.24. The van der Waals surface area contributed by atoms with Crippen molar-refractivity contribution in [2.24, 2.45) is 10.9 Å². The number of oxazole rings is 1. The van der Waals surface area contributed by atoms with Crippen molar-refractivity contribution in [3.05, 3.63) is 41.6 Å². The number of aromatic nitrogens is 1. The van der Waals surface area contributed by atoms with Gasteiger partial charge in [0.2, 0.25) is 5.89 Å². The summed E-state index contributed by atoms with van der Waals surface area (Å²) in [6.45, 7) is 7.30. The van der Waals surface area contributed by atoms with Crippen molar-refractivity contribution in [3.63, 3.8) is 0 Å². The van der Waals surface area contributed by atoms with Crippen LogP contribution < -0.4 is 20.3 Å². The lowest BCUT2D eigenvalue weighted by molar-refractivity contribution is 0.414. The third-order valence-corrected chi connectivity index (χ3v) is 4.97. The van der Waals surface area contributed by atoms with Crippen LogP contribution in [0.15, 0.2) is 33.7 Å². The summed E-state index contributed by atoms with van der Waals surface area (Å²) in [6.07, 6.45) is 1.14. The third kappa shape index (κ3) is 4.72. The smallest absolute Gasteiger partial charge is 0.214 e. The van der Waals surface area contributed by atoms with Crippen molar-refractivity contribution >= 4 is 11.6 Å². The molecule has 1 unspecified atom stereocenters. The number of guanidine groups is 1. The van der Waals surface area contributed by atoms with Gasteiger partial charge >= 0.3 is 0 Å². The van der Waals surface area contributed by atoms with E-state index in [1.807, 2.05) is 26.0 Å². The van der Waals surface area contributed by atoms with Crippen molar-refractivity contribution in [2.45, 2.75) is 26.8 Å². The molecule has 2 N–H and O–H groups in total. The molecule has 146 valence electrons. The Morgan fingerprint density at radius 2 is 2.15 bits per heavy atom. The minimum Gasteiger partial charge on any atom is -0.495 e. The predicted octanol–water partition coefficient (Wildman–Crippen LogP) is 2.49. The molecule has 1 atom stereocenters. The van der Waals surface area contributed by atoms with E-state index < -0.39 is 0 Å². The van der Waals surface area contributed by atoms with Gasteiger partial charge in [0.15, 0.2) is 5.96 Å².